The van der Waals surface area contributed by atoms with Gasteiger partial charge in [0.25, 0.3) is 6.43 Å². The Kier molecular flexibility index (Phi) is 4.14. The van der Waals surface area contributed by atoms with Crippen LogP contribution in [0.3, 0.4) is 0 Å². The number of nitrogens with zero attached hydrogens (tertiary/aromatic N) is 3. The van der Waals surface area contributed by atoms with E-state index in [1.807, 2.05) is 6.07 Å². The third kappa shape index (κ3) is 3.41. The monoisotopic (exact) mass is 322 g/mol. The number of ether oxygens (including phenoxy) is 1. The van der Waals surface area contributed by atoms with Gasteiger partial charge >= 0.3 is 6.09 Å². The molecule has 1 aromatic carbocycles. The summed E-state index contributed by atoms with van der Waals surface area (Å²) in [5, 5.41) is 3.15. The molecule has 1 aliphatic rings. The highest BCUT2D eigenvalue weighted by Gasteiger charge is 2.21. The Morgan fingerprint density at radius 3 is 3.04 bits per heavy atom. The van der Waals surface area contributed by atoms with Gasteiger partial charge in [0, 0.05) is 30.7 Å². The molecule has 2 heterocycles. The topological polar surface area (TPSA) is 59.4 Å². The van der Waals surface area contributed by atoms with Crippen LogP contribution in [0.15, 0.2) is 30.6 Å². The van der Waals surface area contributed by atoms with Gasteiger partial charge in [-0.2, -0.15) is 0 Å². The number of aromatic nitrogens is 2. The van der Waals surface area contributed by atoms with Crippen LogP contribution in [-0.2, 0) is 19.6 Å². The number of alkyl halides is 2. The minimum atomic E-state index is -2.42. The van der Waals surface area contributed by atoms with Crippen LogP contribution in [0, 0.1) is 0 Å². The predicted octanol–water partition coefficient (Wildman–Crippen LogP) is 2.70. The van der Waals surface area contributed by atoms with Gasteiger partial charge in [-0.1, -0.05) is 0 Å². The molecule has 2 aromatic rings. The van der Waals surface area contributed by atoms with Gasteiger partial charge in [0.15, 0.2) is 0 Å². The summed E-state index contributed by atoms with van der Waals surface area (Å²) >= 11 is 0. The summed E-state index contributed by atoms with van der Waals surface area (Å²) in [5.74, 6) is 1.07. The molecule has 0 aliphatic carbocycles. The zero-order valence-electron chi connectivity index (χ0n) is 12.5. The van der Waals surface area contributed by atoms with E-state index < -0.39 is 6.43 Å². The van der Waals surface area contributed by atoms with Crippen molar-refractivity contribution in [3.8, 4) is 5.75 Å². The van der Waals surface area contributed by atoms with Crippen molar-refractivity contribution in [2.24, 2.45) is 0 Å². The molecule has 0 atom stereocenters. The van der Waals surface area contributed by atoms with E-state index in [-0.39, 0.29) is 12.6 Å². The minimum absolute atomic E-state index is 0.328. The van der Waals surface area contributed by atoms with Crippen molar-refractivity contribution in [1.29, 1.82) is 0 Å². The first-order valence-electron chi connectivity index (χ1n) is 7.11. The Morgan fingerprint density at radius 2 is 2.26 bits per heavy atom. The normalized spacial score (nSPS) is 13.9. The first-order valence-corrected chi connectivity index (χ1v) is 7.11. The summed E-state index contributed by atoms with van der Waals surface area (Å²) in [6, 6.07) is 5.37. The zero-order valence-corrected chi connectivity index (χ0v) is 12.5. The van der Waals surface area contributed by atoms with E-state index in [1.165, 1.54) is 21.9 Å². The largest absolute Gasteiger partial charge is 0.415 e. The fourth-order valence-electron chi connectivity index (χ4n) is 2.41. The smallest absolute Gasteiger partial charge is 0.410 e. The molecular formula is C15H16F2N4O2. The first-order chi connectivity index (χ1) is 11.0. The van der Waals surface area contributed by atoms with Crippen LogP contribution in [0.1, 0.15) is 11.4 Å². The molecule has 1 N–H and O–H groups in total. The van der Waals surface area contributed by atoms with E-state index >= 15 is 0 Å². The molecule has 0 fully saturated rings. The van der Waals surface area contributed by atoms with E-state index in [2.05, 4.69) is 10.3 Å². The van der Waals surface area contributed by atoms with Crippen LogP contribution in [-0.4, -0.2) is 34.0 Å². The molecule has 1 amide bonds. The number of rotatable bonds is 5. The molecule has 0 spiro atoms. The Labute approximate surface area is 131 Å². The van der Waals surface area contributed by atoms with Crippen molar-refractivity contribution < 1.29 is 18.3 Å². The lowest BCUT2D eigenvalue weighted by Gasteiger charge is -2.24. The Hall–Kier alpha value is -2.64. The van der Waals surface area contributed by atoms with Crippen LogP contribution in [0.4, 0.5) is 19.3 Å². The summed E-state index contributed by atoms with van der Waals surface area (Å²) in [6.07, 6.45) is 0.231. The van der Waals surface area contributed by atoms with Crippen molar-refractivity contribution in [2.75, 3.05) is 12.4 Å². The number of imidazole rings is 1. The highest BCUT2D eigenvalue weighted by atomic mass is 19.3. The molecule has 1 aromatic heterocycles. The molecule has 0 unspecified atom stereocenters. The van der Waals surface area contributed by atoms with E-state index in [0.29, 0.717) is 24.7 Å². The van der Waals surface area contributed by atoms with Gasteiger partial charge in [-0.05, 0) is 18.2 Å². The fourth-order valence-corrected chi connectivity index (χ4v) is 2.41. The highest BCUT2D eigenvalue weighted by Crippen LogP contribution is 2.28. The lowest BCUT2D eigenvalue weighted by molar-refractivity contribution is 0.125. The third-order valence-electron chi connectivity index (χ3n) is 3.56. The lowest BCUT2D eigenvalue weighted by atomic mass is 10.1. The summed E-state index contributed by atoms with van der Waals surface area (Å²) in [5.41, 5.74) is 1.69. The number of anilines is 1. The van der Waals surface area contributed by atoms with Gasteiger partial charge < -0.3 is 19.5 Å². The van der Waals surface area contributed by atoms with Gasteiger partial charge in [0.2, 0.25) is 0 Å². The van der Waals surface area contributed by atoms with Crippen molar-refractivity contribution in [1.82, 2.24) is 14.5 Å². The summed E-state index contributed by atoms with van der Waals surface area (Å²) < 4.78 is 31.6. The number of amides is 1. The van der Waals surface area contributed by atoms with Crippen molar-refractivity contribution >= 4 is 11.8 Å². The van der Waals surface area contributed by atoms with Crippen LogP contribution in [0.5, 0.6) is 5.75 Å². The second-order valence-corrected chi connectivity index (χ2v) is 5.29. The molecule has 1 aliphatic heterocycles. The Balaban J connectivity index is 1.69. The Morgan fingerprint density at radius 1 is 1.43 bits per heavy atom. The van der Waals surface area contributed by atoms with Gasteiger partial charge in [0.1, 0.15) is 11.6 Å². The number of benzene rings is 1. The lowest BCUT2D eigenvalue weighted by Crippen LogP contribution is -2.33. The first kappa shape index (κ1) is 15.3. The number of hydrogen-bond acceptors (Lipinski definition) is 4. The van der Waals surface area contributed by atoms with Crippen molar-refractivity contribution in [3.05, 3.63) is 42.0 Å². The van der Waals surface area contributed by atoms with Crippen LogP contribution < -0.4 is 10.1 Å². The summed E-state index contributed by atoms with van der Waals surface area (Å²) in [4.78, 5) is 17.0. The fraction of sp³-hybridized carbons (Fsp3) is 0.333. The molecule has 0 bridgehead atoms. The molecule has 6 nitrogen and oxygen atoms in total. The van der Waals surface area contributed by atoms with E-state index in [0.717, 1.165) is 11.3 Å². The summed E-state index contributed by atoms with van der Waals surface area (Å²) in [6.45, 7) is 0.416. The Bertz CT molecular complexity index is 717. The molecule has 8 heteroatoms. The maximum Gasteiger partial charge on any atom is 0.415 e. The molecule has 122 valence electrons. The minimum Gasteiger partial charge on any atom is -0.410 e. The standard InChI is InChI=1S/C15H16F2N4O2/c1-20-8-10-6-11(2-3-12(10)23-15(20)22)19-7-14-18-4-5-21(14)9-13(16)17/h2-6,13,19H,7-9H2,1H3. The number of hydrogen-bond donors (Lipinski definition) is 1. The van der Waals surface area contributed by atoms with E-state index in [1.54, 1.807) is 19.2 Å². The maximum atomic E-state index is 12.5. The molecule has 0 radical (unpaired) electrons. The molecular weight excluding hydrogens is 306 g/mol. The van der Waals surface area contributed by atoms with Crippen molar-refractivity contribution in [2.45, 2.75) is 26.1 Å². The van der Waals surface area contributed by atoms with Gasteiger partial charge in [0.05, 0.1) is 19.6 Å². The highest BCUT2D eigenvalue weighted by molar-refractivity contribution is 5.73. The SMILES string of the molecule is CN1Cc2cc(NCc3nccn3CC(F)F)ccc2OC1=O. The number of halogens is 2. The van der Waals surface area contributed by atoms with Gasteiger partial charge in [-0.3, -0.25) is 0 Å². The zero-order chi connectivity index (χ0) is 16.4. The number of nitrogens with one attached hydrogen (secondary N) is 1. The molecule has 0 saturated heterocycles. The molecule has 23 heavy (non-hydrogen) atoms. The van der Waals surface area contributed by atoms with Crippen LogP contribution in [0.25, 0.3) is 0 Å². The molecule has 3 rings (SSSR count). The summed E-state index contributed by atoms with van der Waals surface area (Å²) in [7, 11) is 1.66. The predicted molar refractivity (Wildman–Crippen MR) is 79.5 cm³/mol. The van der Waals surface area contributed by atoms with Gasteiger partial charge in [-0.25, -0.2) is 18.6 Å². The number of fused-ring (bicyclic) bond motifs is 1. The quantitative estimate of drug-likeness (QED) is 0.919. The average Bonchev–Trinajstić information content (AvgIpc) is 2.93. The van der Waals surface area contributed by atoms with Crippen LogP contribution >= 0.6 is 0 Å². The number of carbonyl (C=O) groups excluding carboxylic acids is 1. The number of carbonyl (C=O) groups is 1. The van der Waals surface area contributed by atoms with Crippen molar-refractivity contribution in [3.63, 3.8) is 0 Å². The van der Waals surface area contributed by atoms with Crippen LogP contribution in [0.2, 0.25) is 0 Å². The van der Waals surface area contributed by atoms with E-state index in [9.17, 15) is 13.6 Å². The van der Waals surface area contributed by atoms with E-state index in [4.69, 9.17) is 4.74 Å². The van der Waals surface area contributed by atoms with Gasteiger partial charge in [-0.15, -0.1) is 0 Å². The average molecular weight is 322 g/mol. The third-order valence-corrected chi connectivity index (χ3v) is 3.56. The second kappa shape index (κ2) is 6.23. The molecule has 0 saturated carbocycles. The maximum absolute atomic E-state index is 12.5. The second-order valence-electron chi connectivity index (χ2n) is 5.29.